The summed E-state index contributed by atoms with van der Waals surface area (Å²) < 4.78 is 60.6. The van der Waals surface area contributed by atoms with E-state index in [9.17, 15) is 22.0 Å². The number of rotatable bonds is 7. The van der Waals surface area contributed by atoms with Crippen molar-refractivity contribution >= 4 is 11.7 Å². The Balaban J connectivity index is -0.000000202. The molecule has 0 saturated heterocycles. The predicted octanol–water partition coefficient (Wildman–Crippen LogP) is 6.75. The van der Waals surface area contributed by atoms with Gasteiger partial charge in [0.2, 0.25) is 6.43 Å². The Morgan fingerprint density at radius 3 is 1.34 bits per heavy atom. The van der Waals surface area contributed by atoms with Crippen LogP contribution < -0.4 is 0 Å². The first-order valence-electron chi connectivity index (χ1n) is 9.14. The molecule has 11 heteroatoms. The van der Waals surface area contributed by atoms with Crippen molar-refractivity contribution in [1.82, 2.24) is 0 Å². The van der Waals surface area contributed by atoms with Crippen molar-refractivity contribution in [2.75, 3.05) is 0 Å². The Labute approximate surface area is 193 Å². The molecule has 0 N–H and O–H groups in total. The fourth-order valence-corrected chi connectivity index (χ4v) is 1.62. The Morgan fingerprint density at radius 1 is 0.759 bits per heavy atom. The van der Waals surface area contributed by atoms with Gasteiger partial charge >= 0.3 is 40.3 Å². The van der Waals surface area contributed by atoms with E-state index in [1.807, 2.05) is 34.6 Å². The first-order chi connectivity index (χ1) is 12.2. The van der Waals surface area contributed by atoms with E-state index < -0.39 is 24.7 Å². The molecular formula is C18H33Cu2F5N4. The van der Waals surface area contributed by atoms with E-state index in [0.717, 1.165) is 6.92 Å². The molecule has 0 spiro atoms. The maximum Gasteiger partial charge on any atom is 1.00 e. The van der Waals surface area contributed by atoms with Crippen molar-refractivity contribution in [2.24, 2.45) is 9.98 Å². The molecule has 182 valence electrons. The number of halogens is 5. The summed E-state index contributed by atoms with van der Waals surface area (Å²) in [5, 5.41) is 7.37. The fourth-order valence-electron chi connectivity index (χ4n) is 1.62. The van der Waals surface area contributed by atoms with E-state index in [-0.39, 0.29) is 52.1 Å². The molecule has 2 atom stereocenters. The second-order valence-electron chi connectivity index (χ2n) is 6.54. The number of hydrogen-bond donors (Lipinski definition) is 0. The van der Waals surface area contributed by atoms with Crippen molar-refractivity contribution in [3.8, 4) is 0 Å². The van der Waals surface area contributed by atoms with Crippen LogP contribution in [0, 0.1) is 0 Å². The van der Waals surface area contributed by atoms with E-state index in [4.69, 9.17) is 0 Å². The van der Waals surface area contributed by atoms with Crippen LogP contribution in [0.1, 0.15) is 68.2 Å². The van der Waals surface area contributed by atoms with Crippen molar-refractivity contribution < 1.29 is 56.1 Å². The van der Waals surface area contributed by atoms with E-state index in [1.54, 1.807) is 6.92 Å². The molecular weight excluding hydrogens is 494 g/mol. The molecule has 0 aromatic rings. The smallest absolute Gasteiger partial charge is 0.466 e. The summed E-state index contributed by atoms with van der Waals surface area (Å²) in [6, 6.07) is -2.52. The van der Waals surface area contributed by atoms with Gasteiger partial charge in [0.25, 0.3) is 0 Å². The summed E-state index contributed by atoms with van der Waals surface area (Å²) in [4.78, 5) is 8.13. The third-order valence-corrected chi connectivity index (χ3v) is 2.98. The summed E-state index contributed by atoms with van der Waals surface area (Å²) in [6.45, 7) is 13.5. The summed E-state index contributed by atoms with van der Waals surface area (Å²) in [5.41, 5.74) is 0. The van der Waals surface area contributed by atoms with Gasteiger partial charge in [-0.3, -0.25) is 0 Å². The number of aliphatic imine (C=N–C) groups is 2. The molecule has 0 rings (SSSR count). The zero-order chi connectivity index (χ0) is 21.8. The maximum atomic E-state index is 12.1. The molecule has 0 aliphatic heterocycles. The molecule has 0 aromatic carbocycles. The van der Waals surface area contributed by atoms with Crippen LogP contribution in [0.3, 0.4) is 0 Å². The summed E-state index contributed by atoms with van der Waals surface area (Å²) in [6.07, 6.45) is -5.63. The van der Waals surface area contributed by atoms with Crippen LogP contribution in [0.5, 0.6) is 0 Å². The number of nitrogens with zero attached hydrogens (tertiary/aromatic N) is 4. The van der Waals surface area contributed by atoms with Crippen LogP contribution >= 0.6 is 0 Å². The van der Waals surface area contributed by atoms with Crippen LogP contribution in [0.4, 0.5) is 22.0 Å². The molecule has 2 unspecified atom stereocenters. The molecule has 0 heterocycles. The molecule has 4 nitrogen and oxygen atoms in total. The number of hydrogen-bond acceptors (Lipinski definition) is 2. The molecule has 0 aliphatic rings. The molecule has 0 saturated carbocycles. The minimum Gasteiger partial charge on any atom is -0.466 e. The second-order valence-corrected chi connectivity index (χ2v) is 6.54. The van der Waals surface area contributed by atoms with Gasteiger partial charge in [-0.2, -0.15) is 13.2 Å². The molecule has 0 amide bonds. The average molecular weight is 528 g/mol. The third-order valence-electron chi connectivity index (χ3n) is 2.98. The zero-order valence-corrected chi connectivity index (χ0v) is 20.0. The van der Waals surface area contributed by atoms with Crippen molar-refractivity contribution in [3.63, 3.8) is 0 Å². The Bertz CT molecular complexity index is 456. The first kappa shape index (κ1) is 36.0. The molecule has 0 bridgehead atoms. The maximum absolute atomic E-state index is 12.1. The van der Waals surface area contributed by atoms with Gasteiger partial charge in [0.05, 0.1) is 6.04 Å². The van der Waals surface area contributed by atoms with Crippen LogP contribution in [0.2, 0.25) is 0 Å². The standard InChI is InChI=1S/C9H16F3N2.C9H17F2N2.2Cu/c1-5-8(13-6(2)3)14-7(4)9(10,11)12;1-5-8(12-6(2)3)13-7(4)9(10)11;;/h6-7H,5H2,1-4H3;6-7,9H,5H2,1-4H3;;/q2*-1;2*+1. The third kappa shape index (κ3) is 20.7. The van der Waals surface area contributed by atoms with Crippen LogP contribution in [-0.4, -0.2) is 48.4 Å². The van der Waals surface area contributed by atoms with Gasteiger partial charge in [0.15, 0.2) is 0 Å². The largest absolute Gasteiger partial charge is 1.00 e. The van der Waals surface area contributed by atoms with Crippen molar-refractivity contribution in [1.29, 1.82) is 0 Å². The average Bonchev–Trinajstić information content (AvgIpc) is 2.51. The summed E-state index contributed by atoms with van der Waals surface area (Å²) >= 11 is 0. The van der Waals surface area contributed by atoms with E-state index in [2.05, 4.69) is 20.6 Å². The van der Waals surface area contributed by atoms with Crippen molar-refractivity contribution in [2.45, 2.75) is 105 Å². The summed E-state index contributed by atoms with van der Waals surface area (Å²) in [5.74, 6) is 0.813. The second kappa shape index (κ2) is 18.4. The van der Waals surface area contributed by atoms with Gasteiger partial charge in [0, 0.05) is 6.04 Å². The van der Waals surface area contributed by atoms with Gasteiger partial charge < -0.3 is 20.6 Å². The SMILES string of the molecule is CCC(=NC(C)C)[N-]C(C)C(F)(F)F.CCC(=NC(C)C)[N-]C(C)C(F)F.[Cu+].[Cu+]. The normalized spacial score (nSPS) is 14.5. The molecule has 0 aromatic heterocycles. The molecule has 0 fully saturated rings. The molecule has 29 heavy (non-hydrogen) atoms. The van der Waals surface area contributed by atoms with Crippen molar-refractivity contribution in [3.05, 3.63) is 10.6 Å². The predicted molar refractivity (Wildman–Crippen MR) is 103 cm³/mol. The fraction of sp³-hybridized carbons (Fsp3) is 0.889. The van der Waals surface area contributed by atoms with E-state index >= 15 is 0 Å². The van der Waals surface area contributed by atoms with Crippen LogP contribution in [0.25, 0.3) is 10.6 Å². The van der Waals surface area contributed by atoms with Gasteiger partial charge in [0.1, 0.15) is 0 Å². The van der Waals surface area contributed by atoms with Gasteiger partial charge in [-0.25, -0.2) is 8.78 Å². The van der Waals surface area contributed by atoms with Crippen LogP contribution in [0.15, 0.2) is 9.98 Å². The number of alkyl halides is 5. The minimum atomic E-state index is -4.27. The zero-order valence-electron chi connectivity index (χ0n) is 18.1. The van der Waals surface area contributed by atoms with Crippen LogP contribution in [-0.2, 0) is 34.1 Å². The first-order valence-corrected chi connectivity index (χ1v) is 9.14. The molecule has 0 aliphatic carbocycles. The monoisotopic (exact) mass is 526 g/mol. The van der Waals surface area contributed by atoms with E-state index in [1.165, 1.54) is 6.92 Å². The van der Waals surface area contributed by atoms with Gasteiger partial charge in [-0.1, -0.05) is 67.1 Å². The van der Waals surface area contributed by atoms with Gasteiger partial charge in [-0.05, 0) is 24.9 Å². The Morgan fingerprint density at radius 2 is 1.10 bits per heavy atom. The number of amidine groups is 2. The topological polar surface area (TPSA) is 52.9 Å². The van der Waals surface area contributed by atoms with Gasteiger partial charge in [-0.15, -0.1) is 0 Å². The molecule has 0 radical (unpaired) electrons. The summed E-state index contributed by atoms with van der Waals surface area (Å²) in [7, 11) is 0. The Kier molecular flexibility index (Phi) is 22.9. The quantitative estimate of drug-likeness (QED) is 0.152. The van der Waals surface area contributed by atoms with E-state index in [0.29, 0.717) is 18.7 Å². The minimum absolute atomic E-state index is 0. The Hall–Kier alpha value is -0.371.